The molecule has 0 radical (unpaired) electrons. The number of fused-ring (bicyclic) bond motifs is 1. The fraction of sp³-hybridized carbons (Fsp3) is 0.286. The fourth-order valence-electron chi connectivity index (χ4n) is 5.05. The molecule has 4 aromatic rings. The molecule has 1 unspecified atom stereocenters. The molecule has 1 aliphatic rings. The fourth-order valence-corrected chi connectivity index (χ4v) is 5.99. The zero-order valence-corrected chi connectivity index (χ0v) is 21.4. The molecule has 8 heteroatoms. The first-order chi connectivity index (χ1) is 17.5. The Morgan fingerprint density at radius 2 is 1.86 bits per heavy atom. The quantitative estimate of drug-likeness (QED) is 0.292. The van der Waals surface area contributed by atoms with Crippen molar-refractivity contribution < 1.29 is 14.1 Å². The summed E-state index contributed by atoms with van der Waals surface area (Å²) in [6, 6.07) is 19.7. The van der Waals surface area contributed by atoms with Crippen molar-refractivity contribution in [2.24, 2.45) is 7.05 Å². The summed E-state index contributed by atoms with van der Waals surface area (Å²) in [5.74, 6) is 0.116. The van der Waals surface area contributed by atoms with Gasteiger partial charge in [0.2, 0.25) is 0 Å². The average Bonchev–Trinajstić information content (AvgIpc) is 3.46. The standard InChI is InChI=1S/C28H29N5O2S/c1-20-9-8-14-33(20,26(34)19-36-27-31-24-12-6-7-13-25(24)32(27)2)28(35)30-17-21-15-23(18-29-16-21)22-10-4-3-5-11-22/h3-7,10-13,15-16,18,20H,8-9,14,17,19H2,1-2H3/p+1/t20-,33?/m1/s1. The lowest BCUT2D eigenvalue weighted by Gasteiger charge is -2.32. The van der Waals surface area contributed by atoms with Crippen molar-refractivity contribution in [2.45, 2.75) is 37.5 Å². The van der Waals surface area contributed by atoms with E-state index in [2.05, 4.69) is 15.3 Å². The van der Waals surface area contributed by atoms with Crippen LogP contribution in [0.2, 0.25) is 0 Å². The van der Waals surface area contributed by atoms with E-state index >= 15 is 0 Å². The smallest absolute Gasteiger partial charge is 0.322 e. The molecule has 2 aromatic heterocycles. The molecular formula is C28H30N5O2S+. The topological polar surface area (TPSA) is 76.9 Å². The number of quaternary nitrogens is 1. The van der Waals surface area contributed by atoms with Crippen LogP contribution in [0.5, 0.6) is 0 Å². The normalized spacial score (nSPS) is 19.4. The number of nitrogens with one attached hydrogen (secondary N) is 1. The van der Waals surface area contributed by atoms with Gasteiger partial charge in [-0.15, -0.1) is 0 Å². The molecular weight excluding hydrogens is 470 g/mol. The van der Waals surface area contributed by atoms with Crippen LogP contribution in [0.25, 0.3) is 22.2 Å². The number of urea groups is 1. The second kappa shape index (κ2) is 10.2. The van der Waals surface area contributed by atoms with Crippen LogP contribution in [0.1, 0.15) is 25.3 Å². The molecule has 36 heavy (non-hydrogen) atoms. The Kier molecular flexibility index (Phi) is 6.89. The Balaban J connectivity index is 1.29. The first-order valence-corrected chi connectivity index (χ1v) is 13.2. The SMILES string of the molecule is C[C@@H]1CCC[N+]1(C(=O)CSc1nc2ccccc2n1C)C(=O)NCc1cncc(-c2ccccc2)c1. The summed E-state index contributed by atoms with van der Waals surface area (Å²) in [7, 11) is 1.95. The average molecular weight is 501 g/mol. The molecule has 3 amide bonds. The second-order valence-corrected chi connectivity index (χ2v) is 10.3. The first-order valence-electron chi connectivity index (χ1n) is 12.2. The largest absolute Gasteiger partial charge is 0.424 e. The minimum absolute atomic E-state index is 0.0627. The van der Waals surface area contributed by atoms with E-state index in [0.29, 0.717) is 13.1 Å². The van der Waals surface area contributed by atoms with Gasteiger partial charge < -0.3 is 9.88 Å². The van der Waals surface area contributed by atoms with E-state index in [9.17, 15) is 9.59 Å². The maximum Gasteiger partial charge on any atom is 0.424 e. The highest BCUT2D eigenvalue weighted by molar-refractivity contribution is 7.99. The zero-order chi connectivity index (χ0) is 25.1. The molecule has 1 saturated heterocycles. The lowest BCUT2D eigenvalue weighted by Crippen LogP contribution is -2.63. The Morgan fingerprint density at radius 1 is 1.08 bits per heavy atom. The first kappa shape index (κ1) is 24.2. The summed E-state index contributed by atoms with van der Waals surface area (Å²) >= 11 is 1.40. The molecule has 0 aliphatic carbocycles. The number of thioether (sulfide) groups is 1. The van der Waals surface area contributed by atoms with Gasteiger partial charge in [-0.3, -0.25) is 4.98 Å². The van der Waals surface area contributed by atoms with Gasteiger partial charge in [-0.25, -0.2) is 14.6 Å². The summed E-state index contributed by atoms with van der Waals surface area (Å²) < 4.78 is 1.83. The van der Waals surface area contributed by atoms with Gasteiger partial charge in [-0.2, -0.15) is 4.48 Å². The lowest BCUT2D eigenvalue weighted by molar-refractivity contribution is -0.783. The molecule has 3 heterocycles. The van der Waals surface area contributed by atoms with Crippen LogP contribution >= 0.6 is 11.8 Å². The summed E-state index contributed by atoms with van der Waals surface area (Å²) in [5.41, 5.74) is 4.89. The maximum atomic E-state index is 13.6. The van der Waals surface area contributed by atoms with Gasteiger partial charge in [-0.05, 0) is 36.2 Å². The third-order valence-electron chi connectivity index (χ3n) is 7.11. The molecule has 0 spiro atoms. The Labute approximate surface area is 215 Å². The number of nitrogens with zero attached hydrogens (tertiary/aromatic N) is 4. The molecule has 7 nitrogen and oxygen atoms in total. The van der Waals surface area contributed by atoms with Gasteiger partial charge in [0, 0.05) is 44.4 Å². The van der Waals surface area contributed by atoms with Crippen molar-refractivity contribution in [3.63, 3.8) is 0 Å². The van der Waals surface area contributed by atoms with Crippen molar-refractivity contribution in [1.29, 1.82) is 0 Å². The van der Waals surface area contributed by atoms with Crippen LogP contribution in [0.15, 0.2) is 78.2 Å². The molecule has 2 aromatic carbocycles. The number of aryl methyl sites for hydroxylation is 1. The predicted molar refractivity (Wildman–Crippen MR) is 142 cm³/mol. The number of para-hydroxylation sites is 2. The molecule has 2 atom stereocenters. The van der Waals surface area contributed by atoms with Crippen LogP contribution < -0.4 is 5.32 Å². The molecule has 1 aliphatic heterocycles. The lowest BCUT2D eigenvalue weighted by atomic mass is 10.1. The van der Waals surface area contributed by atoms with Crippen molar-refractivity contribution in [1.82, 2.24) is 19.9 Å². The molecule has 184 valence electrons. The summed E-state index contributed by atoms with van der Waals surface area (Å²) in [6.45, 7) is 2.85. The number of pyridine rings is 1. The number of hydrogen-bond acceptors (Lipinski definition) is 5. The third-order valence-corrected chi connectivity index (χ3v) is 8.12. The van der Waals surface area contributed by atoms with E-state index in [1.165, 1.54) is 11.8 Å². The van der Waals surface area contributed by atoms with Gasteiger partial charge in [0.05, 0.1) is 17.6 Å². The van der Waals surface area contributed by atoms with E-state index in [1.807, 2.05) is 85.4 Å². The Morgan fingerprint density at radius 3 is 2.61 bits per heavy atom. The number of amides is 3. The number of imide groups is 1. The van der Waals surface area contributed by atoms with Crippen molar-refractivity contribution in [3.8, 4) is 11.1 Å². The minimum atomic E-state index is -0.235. The number of benzene rings is 2. The maximum absolute atomic E-state index is 13.6. The van der Waals surface area contributed by atoms with Crippen LogP contribution in [0.4, 0.5) is 4.79 Å². The number of carbonyl (C=O) groups excluding carboxylic acids is 2. The number of rotatable bonds is 6. The van der Waals surface area contributed by atoms with Crippen LogP contribution in [-0.4, -0.2) is 49.3 Å². The Bertz CT molecular complexity index is 1400. The number of carbonyl (C=O) groups is 2. The van der Waals surface area contributed by atoms with Gasteiger partial charge in [-0.1, -0.05) is 54.2 Å². The van der Waals surface area contributed by atoms with Gasteiger partial charge in [0.25, 0.3) is 0 Å². The van der Waals surface area contributed by atoms with Crippen LogP contribution in [0, 0.1) is 0 Å². The van der Waals surface area contributed by atoms with E-state index in [0.717, 1.165) is 45.7 Å². The predicted octanol–water partition coefficient (Wildman–Crippen LogP) is 5.16. The summed E-state index contributed by atoms with van der Waals surface area (Å²) in [4.78, 5) is 36.2. The molecule has 1 N–H and O–H groups in total. The highest BCUT2D eigenvalue weighted by Gasteiger charge is 2.52. The van der Waals surface area contributed by atoms with Crippen molar-refractivity contribution in [2.75, 3.05) is 12.3 Å². The minimum Gasteiger partial charge on any atom is -0.322 e. The van der Waals surface area contributed by atoms with Crippen molar-refractivity contribution >= 4 is 34.7 Å². The zero-order valence-electron chi connectivity index (χ0n) is 20.6. The number of aromatic nitrogens is 3. The van der Waals surface area contributed by atoms with Gasteiger partial charge >= 0.3 is 11.9 Å². The molecule has 5 rings (SSSR count). The summed E-state index contributed by atoms with van der Waals surface area (Å²) in [5, 5.41) is 3.82. The number of imidazole rings is 1. The molecule has 0 saturated carbocycles. The van der Waals surface area contributed by atoms with Gasteiger partial charge in [0.15, 0.2) is 5.16 Å². The highest BCUT2D eigenvalue weighted by Crippen LogP contribution is 2.31. The van der Waals surface area contributed by atoms with E-state index < -0.39 is 0 Å². The second-order valence-electron chi connectivity index (χ2n) is 9.31. The number of hydrogen-bond donors (Lipinski definition) is 1. The third kappa shape index (κ3) is 4.54. The van der Waals surface area contributed by atoms with Crippen LogP contribution in [0.3, 0.4) is 0 Å². The van der Waals surface area contributed by atoms with E-state index in [1.54, 1.807) is 6.20 Å². The van der Waals surface area contributed by atoms with E-state index in [4.69, 9.17) is 0 Å². The van der Waals surface area contributed by atoms with Crippen molar-refractivity contribution in [3.05, 3.63) is 78.6 Å². The van der Waals surface area contributed by atoms with Crippen LogP contribution in [-0.2, 0) is 18.4 Å². The molecule has 1 fully saturated rings. The number of likely N-dealkylation sites (tertiary alicyclic amines) is 1. The Hall–Kier alpha value is -3.49. The van der Waals surface area contributed by atoms with E-state index in [-0.39, 0.29) is 28.2 Å². The summed E-state index contributed by atoms with van der Waals surface area (Å²) in [6.07, 6.45) is 5.27. The van der Waals surface area contributed by atoms with Gasteiger partial charge in [0.1, 0.15) is 11.8 Å². The highest BCUT2D eigenvalue weighted by atomic mass is 32.2. The monoisotopic (exact) mass is 500 g/mol. The molecule has 0 bridgehead atoms.